The molecule has 0 unspecified atom stereocenters. The molecule has 0 bridgehead atoms. The van der Waals surface area contributed by atoms with Crippen molar-refractivity contribution in [2.24, 2.45) is 5.73 Å². The number of carbonyl (C=O) groups is 1. The van der Waals surface area contributed by atoms with E-state index in [-0.39, 0.29) is 6.54 Å². The van der Waals surface area contributed by atoms with E-state index in [1.54, 1.807) is 5.32 Å². The zero-order valence-electron chi connectivity index (χ0n) is 6.95. The van der Waals surface area contributed by atoms with E-state index in [9.17, 15) is 18.0 Å². The van der Waals surface area contributed by atoms with Gasteiger partial charge >= 0.3 is 12.2 Å². The summed E-state index contributed by atoms with van der Waals surface area (Å²) in [5.41, 5.74) is 5.11. The van der Waals surface area contributed by atoms with Crippen LogP contribution in [-0.2, 0) is 0 Å². The minimum absolute atomic E-state index is 0.278. The highest BCUT2D eigenvalue weighted by Gasteiger charge is 2.27. The van der Waals surface area contributed by atoms with Crippen molar-refractivity contribution in [2.75, 3.05) is 19.6 Å². The van der Waals surface area contributed by atoms with E-state index in [4.69, 9.17) is 5.73 Å². The smallest absolute Gasteiger partial charge is 0.338 e. The number of nitrogens with two attached hydrogens (primary N) is 1. The average molecular weight is 199 g/mol. The van der Waals surface area contributed by atoms with E-state index in [1.807, 2.05) is 0 Å². The highest BCUT2D eigenvalue weighted by atomic mass is 19.4. The lowest BCUT2D eigenvalue weighted by atomic mass is 10.4. The van der Waals surface area contributed by atoms with E-state index in [2.05, 4.69) is 5.32 Å². The number of nitrogens with one attached hydrogen (secondary N) is 2. The zero-order chi connectivity index (χ0) is 10.3. The molecule has 0 aromatic carbocycles. The van der Waals surface area contributed by atoms with Crippen LogP contribution in [-0.4, -0.2) is 31.8 Å². The summed E-state index contributed by atoms with van der Waals surface area (Å²) in [5, 5.41) is 3.89. The van der Waals surface area contributed by atoms with Gasteiger partial charge in [-0.2, -0.15) is 13.2 Å². The van der Waals surface area contributed by atoms with E-state index in [1.165, 1.54) is 0 Å². The fraction of sp³-hybridized carbons (Fsp3) is 0.833. The summed E-state index contributed by atoms with van der Waals surface area (Å²) in [4.78, 5) is 10.6. The molecule has 78 valence electrons. The Morgan fingerprint density at radius 1 is 1.31 bits per heavy atom. The maximum atomic E-state index is 11.5. The molecule has 0 atom stereocenters. The van der Waals surface area contributed by atoms with Crippen molar-refractivity contribution in [3.63, 3.8) is 0 Å². The van der Waals surface area contributed by atoms with E-state index < -0.39 is 18.8 Å². The molecule has 0 aliphatic rings. The van der Waals surface area contributed by atoms with Crippen molar-refractivity contribution in [1.29, 1.82) is 0 Å². The van der Waals surface area contributed by atoms with E-state index in [0.29, 0.717) is 13.0 Å². The highest BCUT2D eigenvalue weighted by molar-refractivity contribution is 5.73. The molecule has 13 heavy (non-hydrogen) atoms. The van der Waals surface area contributed by atoms with Gasteiger partial charge in [0.2, 0.25) is 0 Å². The van der Waals surface area contributed by atoms with Crippen LogP contribution in [0.4, 0.5) is 18.0 Å². The number of urea groups is 1. The molecule has 0 fully saturated rings. The topological polar surface area (TPSA) is 67.1 Å². The van der Waals surface area contributed by atoms with Crippen LogP contribution in [0, 0.1) is 0 Å². The van der Waals surface area contributed by atoms with Crippen LogP contribution in [0.3, 0.4) is 0 Å². The largest absolute Gasteiger partial charge is 0.405 e. The maximum Gasteiger partial charge on any atom is 0.405 e. The molecule has 4 nitrogen and oxygen atoms in total. The standard InChI is InChI=1S/C6H12F3N3O/c7-6(8,9)4-12-5(13)11-3-1-2-10/h1-4,10H2,(H2,11,12,13). The van der Waals surface area contributed by atoms with E-state index in [0.717, 1.165) is 0 Å². The Balaban J connectivity index is 3.41. The Morgan fingerprint density at radius 2 is 1.92 bits per heavy atom. The van der Waals surface area contributed by atoms with Crippen molar-refractivity contribution < 1.29 is 18.0 Å². The molecule has 0 radical (unpaired) electrons. The van der Waals surface area contributed by atoms with Crippen molar-refractivity contribution in [2.45, 2.75) is 12.6 Å². The van der Waals surface area contributed by atoms with Crippen LogP contribution in [0.2, 0.25) is 0 Å². The molecule has 0 aliphatic carbocycles. The van der Waals surface area contributed by atoms with E-state index >= 15 is 0 Å². The summed E-state index contributed by atoms with van der Waals surface area (Å²) in [7, 11) is 0. The molecule has 0 aromatic rings. The normalized spacial score (nSPS) is 11.1. The summed E-state index contributed by atoms with van der Waals surface area (Å²) in [6.45, 7) is -0.652. The van der Waals surface area contributed by atoms with Crippen LogP contribution >= 0.6 is 0 Å². The van der Waals surface area contributed by atoms with Gasteiger partial charge in [-0.05, 0) is 13.0 Å². The molecule has 0 saturated carbocycles. The third-order valence-corrected chi connectivity index (χ3v) is 1.12. The Kier molecular flexibility index (Phi) is 5.20. The Hall–Kier alpha value is -0.980. The first kappa shape index (κ1) is 12.0. The molecule has 0 aromatic heterocycles. The monoisotopic (exact) mass is 199 g/mol. The molecule has 7 heteroatoms. The first-order valence-electron chi connectivity index (χ1n) is 3.74. The lowest BCUT2D eigenvalue weighted by Crippen LogP contribution is -2.41. The van der Waals surface area contributed by atoms with Gasteiger partial charge in [0, 0.05) is 6.54 Å². The van der Waals surface area contributed by atoms with Crippen molar-refractivity contribution in [3.8, 4) is 0 Å². The van der Waals surface area contributed by atoms with Crippen molar-refractivity contribution in [1.82, 2.24) is 10.6 Å². The number of carbonyl (C=O) groups excluding carboxylic acids is 1. The Labute approximate surface area is 73.7 Å². The lowest BCUT2D eigenvalue weighted by Gasteiger charge is -2.08. The molecule has 0 spiro atoms. The predicted octanol–water partition coefficient (Wildman–Crippen LogP) is 0.197. The van der Waals surface area contributed by atoms with Crippen LogP contribution in [0.1, 0.15) is 6.42 Å². The molecule has 0 heterocycles. The lowest BCUT2D eigenvalue weighted by molar-refractivity contribution is -0.122. The van der Waals surface area contributed by atoms with Gasteiger partial charge in [-0.1, -0.05) is 0 Å². The summed E-state index contributed by atoms with van der Waals surface area (Å²) in [6, 6.07) is -0.828. The number of halogens is 3. The Bertz CT molecular complexity index is 160. The summed E-state index contributed by atoms with van der Waals surface area (Å²) in [6.07, 6.45) is -3.83. The summed E-state index contributed by atoms with van der Waals surface area (Å²) in [5.74, 6) is 0. The van der Waals surface area contributed by atoms with Crippen LogP contribution in [0.15, 0.2) is 0 Å². The second kappa shape index (κ2) is 5.63. The van der Waals surface area contributed by atoms with Gasteiger partial charge < -0.3 is 16.4 Å². The minimum Gasteiger partial charge on any atom is -0.338 e. The SMILES string of the molecule is NCCCNC(=O)NCC(F)(F)F. The third kappa shape index (κ3) is 8.93. The van der Waals surface area contributed by atoms with Gasteiger partial charge in [0.1, 0.15) is 6.54 Å². The van der Waals surface area contributed by atoms with Gasteiger partial charge in [0.05, 0.1) is 0 Å². The van der Waals surface area contributed by atoms with Gasteiger partial charge in [0.25, 0.3) is 0 Å². The van der Waals surface area contributed by atoms with Gasteiger partial charge in [0.15, 0.2) is 0 Å². The number of amides is 2. The zero-order valence-corrected chi connectivity index (χ0v) is 6.95. The first-order valence-corrected chi connectivity index (χ1v) is 3.74. The minimum atomic E-state index is -4.37. The third-order valence-electron chi connectivity index (χ3n) is 1.12. The fourth-order valence-electron chi connectivity index (χ4n) is 0.547. The molecule has 0 rings (SSSR count). The van der Waals surface area contributed by atoms with Gasteiger partial charge in [-0.25, -0.2) is 4.79 Å². The molecule has 0 saturated heterocycles. The van der Waals surface area contributed by atoms with Crippen molar-refractivity contribution >= 4 is 6.03 Å². The predicted molar refractivity (Wildman–Crippen MR) is 41.1 cm³/mol. The van der Waals surface area contributed by atoms with Crippen molar-refractivity contribution in [3.05, 3.63) is 0 Å². The van der Waals surface area contributed by atoms with Gasteiger partial charge in [-0.15, -0.1) is 0 Å². The van der Waals surface area contributed by atoms with Gasteiger partial charge in [-0.3, -0.25) is 0 Å². The molecule has 0 aliphatic heterocycles. The molecule has 4 N–H and O–H groups in total. The number of alkyl halides is 3. The summed E-state index contributed by atoms with van der Waals surface area (Å²) < 4.78 is 34.6. The van der Waals surface area contributed by atoms with Crippen LogP contribution in [0.25, 0.3) is 0 Å². The number of hydrogen-bond acceptors (Lipinski definition) is 2. The molecule has 2 amide bonds. The number of rotatable bonds is 4. The second-order valence-electron chi connectivity index (χ2n) is 2.37. The second-order valence-corrected chi connectivity index (χ2v) is 2.37. The maximum absolute atomic E-state index is 11.5. The Morgan fingerprint density at radius 3 is 2.38 bits per heavy atom. The fourth-order valence-corrected chi connectivity index (χ4v) is 0.547. The first-order chi connectivity index (χ1) is 5.95. The van der Waals surface area contributed by atoms with Crippen LogP contribution < -0.4 is 16.4 Å². The highest BCUT2D eigenvalue weighted by Crippen LogP contribution is 2.11. The average Bonchev–Trinajstić information content (AvgIpc) is 2.00. The molecular weight excluding hydrogens is 187 g/mol. The van der Waals surface area contributed by atoms with Crippen LogP contribution in [0.5, 0.6) is 0 Å². The number of hydrogen-bond donors (Lipinski definition) is 3. The molecular formula is C6H12F3N3O. The quantitative estimate of drug-likeness (QED) is 0.566. The summed E-state index contributed by atoms with van der Waals surface area (Å²) >= 11 is 0.